The van der Waals surface area contributed by atoms with Gasteiger partial charge in [-0.05, 0) is 18.6 Å². The van der Waals surface area contributed by atoms with E-state index < -0.39 is 0 Å². The topological polar surface area (TPSA) is 63.2 Å². The molecule has 1 aromatic heterocycles. The summed E-state index contributed by atoms with van der Waals surface area (Å²) in [6, 6.07) is 4.05. The summed E-state index contributed by atoms with van der Waals surface area (Å²) in [7, 11) is 0. The summed E-state index contributed by atoms with van der Waals surface area (Å²) in [6.45, 7) is 1.31. The number of fused-ring (bicyclic) bond motifs is 1. The van der Waals surface area contributed by atoms with Crippen molar-refractivity contribution in [2.24, 2.45) is 0 Å². The van der Waals surface area contributed by atoms with Crippen LogP contribution in [0.25, 0.3) is 0 Å². The lowest BCUT2D eigenvalue weighted by Gasteiger charge is -2.15. The van der Waals surface area contributed by atoms with Crippen LogP contribution in [0.1, 0.15) is 24.4 Å². The van der Waals surface area contributed by atoms with Crippen LogP contribution in [0.15, 0.2) is 12.1 Å². The first-order chi connectivity index (χ1) is 8.72. The Morgan fingerprint density at radius 2 is 2.44 bits per heavy atom. The normalized spacial score (nSPS) is 25.7. The first-order valence-corrected chi connectivity index (χ1v) is 6.42. The number of nitrogens with zero attached hydrogens (tertiary/aromatic N) is 1. The molecule has 0 aromatic carbocycles. The fourth-order valence-electron chi connectivity index (χ4n) is 2.35. The number of amides is 1. The van der Waals surface area contributed by atoms with Crippen LogP contribution in [-0.2, 0) is 4.79 Å². The van der Waals surface area contributed by atoms with E-state index in [1.807, 2.05) is 6.07 Å². The molecule has 0 saturated carbocycles. The summed E-state index contributed by atoms with van der Waals surface area (Å²) in [6.07, 6.45) is 1.52. The fourth-order valence-corrected chi connectivity index (χ4v) is 2.49. The molecule has 0 spiro atoms. The number of carbonyl (C=O) groups excluding carboxylic acids is 1. The Morgan fingerprint density at radius 1 is 1.56 bits per heavy atom. The van der Waals surface area contributed by atoms with E-state index in [1.165, 1.54) is 0 Å². The Labute approximate surface area is 110 Å². The van der Waals surface area contributed by atoms with Gasteiger partial charge in [0, 0.05) is 24.6 Å². The molecular formula is C12H14ClN3O2. The van der Waals surface area contributed by atoms with Crippen LogP contribution >= 0.6 is 11.6 Å². The molecule has 1 aromatic rings. The van der Waals surface area contributed by atoms with E-state index in [0.29, 0.717) is 24.1 Å². The number of rotatable bonds is 3. The highest BCUT2D eigenvalue weighted by atomic mass is 35.5. The third-order valence-corrected chi connectivity index (χ3v) is 3.52. The zero-order chi connectivity index (χ0) is 12.5. The standard InChI is InChI=1S/C12H14ClN3O2/c13-10-3-2-8-9(6-18-12(8)16-10)14-5-7-1-4-11(17)15-7/h2-3,7,9,14H,1,4-6H2,(H,15,17)/t7-,9?/m0/s1. The lowest BCUT2D eigenvalue weighted by Crippen LogP contribution is -2.37. The lowest BCUT2D eigenvalue weighted by molar-refractivity contribution is -0.119. The molecular weight excluding hydrogens is 254 g/mol. The maximum Gasteiger partial charge on any atom is 0.220 e. The first-order valence-electron chi connectivity index (χ1n) is 6.04. The molecule has 1 fully saturated rings. The minimum absolute atomic E-state index is 0.127. The molecule has 0 bridgehead atoms. The summed E-state index contributed by atoms with van der Waals surface area (Å²) >= 11 is 5.81. The minimum Gasteiger partial charge on any atom is -0.475 e. The van der Waals surface area contributed by atoms with Crippen LogP contribution in [0.4, 0.5) is 0 Å². The second-order valence-electron chi connectivity index (χ2n) is 4.60. The van der Waals surface area contributed by atoms with Crippen LogP contribution in [0, 0.1) is 0 Å². The quantitative estimate of drug-likeness (QED) is 0.803. The highest BCUT2D eigenvalue weighted by Gasteiger charge is 2.27. The van der Waals surface area contributed by atoms with E-state index in [2.05, 4.69) is 15.6 Å². The van der Waals surface area contributed by atoms with Gasteiger partial charge in [0.15, 0.2) is 0 Å². The molecule has 2 N–H and O–H groups in total. The third kappa shape index (κ3) is 2.28. The first kappa shape index (κ1) is 11.7. The summed E-state index contributed by atoms with van der Waals surface area (Å²) in [5.41, 5.74) is 1.03. The maximum absolute atomic E-state index is 11.1. The second kappa shape index (κ2) is 4.74. The van der Waals surface area contributed by atoms with Crippen molar-refractivity contribution in [2.45, 2.75) is 24.9 Å². The van der Waals surface area contributed by atoms with Gasteiger partial charge in [-0.3, -0.25) is 4.79 Å². The Morgan fingerprint density at radius 3 is 3.22 bits per heavy atom. The van der Waals surface area contributed by atoms with Crippen molar-refractivity contribution in [3.63, 3.8) is 0 Å². The van der Waals surface area contributed by atoms with E-state index in [4.69, 9.17) is 16.3 Å². The molecule has 3 rings (SSSR count). The van der Waals surface area contributed by atoms with E-state index in [1.54, 1.807) is 6.07 Å². The van der Waals surface area contributed by atoms with Gasteiger partial charge in [-0.2, -0.15) is 0 Å². The summed E-state index contributed by atoms with van der Waals surface area (Å²) in [4.78, 5) is 15.2. The second-order valence-corrected chi connectivity index (χ2v) is 4.99. The number of nitrogens with one attached hydrogen (secondary N) is 2. The summed E-state index contributed by atoms with van der Waals surface area (Å²) in [5.74, 6) is 0.744. The molecule has 3 heterocycles. The van der Waals surface area contributed by atoms with Gasteiger partial charge in [0.05, 0.1) is 6.04 Å². The third-order valence-electron chi connectivity index (χ3n) is 3.31. The van der Waals surface area contributed by atoms with Gasteiger partial charge < -0.3 is 15.4 Å². The molecule has 2 aliphatic rings. The van der Waals surface area contributed by atoms with Crippen molar-refractivity contribution in [1.82, 2.24) is 15.6 Å². The average molecular weight is 268 g/mol. The highest BCUT2D eigenvalue weighted by molar-refractivity contribution is 6.29. The van der Waals surface area contributed by atoms with Crippen LogP contribution < -0.4 is 15.4 Å². The van der Waals surface area contributed by atoms with Crippen LogP contribution in [-0.4, -0.2) is 30.1 Å². The number of pyridine rings is 1. The van der Waals surface area contributed by atoms with E-state index >= 15 is 0 Å². The molecule has 5 nitrogen and oxygen atoms in total. The Kier molecular flexibility index (Phi) is 3.09. The number of hydrogen-bond acceptors (Lipinski definition) is 4. The Balaban J connectivity index is 1.61. The number of carbonyl (C=O) groups is 1. The van der Waals surface area contributed by atoms with Crippen molar-refractivity contribution in [2.75, 3.05) is 13.2 Å². The Hall–Kier alpha value is -1.33. The van der Waals surface area contributed by atoms with Gasteiger partial charge in [0.25, 0.3) is 0 Å². The van der Waals surface area contributed by atoms with Gasteiger partial charge in [-0.1, -0.05) is 11.6 Å². The van der Waals surface area contributed by atoms with Gasteiger partial charge in [-0.15, -0.1) is 0 Å². The molecule has 96 valence electrons. The molecule has 0 aliphatic carbocycles. The Bertz CT molecular complexity index is 480. The molecule has 1 amide bonds. The van der Waals surface area contributed by atoms with Crippen LogP contribution in [0.3, 0.4) is 0 Å². The molecule has 1 unspecified atom stereocenters. The van der Waals surface area contributed by atoms with Crippen LogP contribution in [0.5, 0.6) is 5.88 Å². The van der Waals surface area contributed by atoms with E-state index in [-0.39, 0.29) is 18.0 Å². The SMILES string of the molecule is O=C1CC[C@@H](CNC2COc3nc(Cl)ccc32)N1. The van der Waals surface area contributed by atoms with E-state index in [0.717, 1.165) is 18.5 Å². The van der Waals surface area contributed by atoms with Gasteiger partial charge in [0.2, 0.25) is 11.8 Å². The minimum atomic E-state index is 0.127. The maximum atomic E-state index is 11.1. The monoisotopic (exact) mass is 267 g/mol. The molecule has 2 aliphatic heterocycles. The fraction of sp³-hybridized carbons (Fsp3) is 0.500. The molecule has 18 heavy (non-hydrogen) atoms. The lowest BCUT2D eigenvalue weighted by atomic mass is 10.1. The van der Waals surface area contributed by atoms with Crippen molar-refractivity contribution < 1.29 is 9.53 Å². The van der Waals surface area contributed by atoms with E-state index in [9.17, 15) is 4.79 Å². The van der Waals surface area contributed by atoms with Crippen molar-refractivity contribution >= 4 is 17.5 Å². The summed E-state index contributed by atoms with van der Waals surface area (Å²) < 4.78 is 5.48. The largest absolute Gasteiger partial charge is 0.475 e. The zero-order valence-electron chi connectivity index (χ0n) is 9.78. The molecule has 2 atom stereocenters. The smallest absolute Gasteiger partial charge is 0.220 e. The number of halogens is 1. The van der Waals surface area contributed by atoms with Crippen LogP contribution in [0.2, 0.25) is 5.15 Å². The summed E-state index contributed by atoms with van der Waals surface area (Å²) in [5, 5.41) is 6.77. The zero-order valence-corrected chi connectivity index (χ0v) is 10.5. The average Bonchev–Trinajstić information content (AvgIpc) is 2.92. The highest BCUT2D eigenvalue weighted by Crippen LogP contribution is 2.31. The predicted octanol–water partition coefficient (Wildman–Crippen LogP) is 1.04. The molecule has 6 heteroatoms. The molecule has 1 saturated heterocycles. The number of aromatic nitrogens is 1. The van der Waals surface area contributed by atoms with Gasteiger partial charge in [-0.25, -0.2) is 4.98 Å². The number of ether oxygens (including phenoxy) is 1. The van der Waals surface area contributed by atoms with Crippen molar-refractivity contribution in [3.8, 4) is 5.88 Å². The van der Waals surface area contributed by atoms with Crippen molar-refractivity contribution in [3.05, 3.63) is 22.8 Å². The number of hydrogen-bond donors (Lipinski definition) is 2. The van der Waals surface area contributed by atoms with Crippen molar-refractivity contribution in [1.29, 1.82) is 0 Å². The van der Waals surface area contributed by atoms with Gasteiger partial charge >= 0.3 is 0 Å². The van der Waals surface area contributed by atoms with Gasteiger partial charge in [0.1, 0.15) is 11.8 Å². The predicted molar refractivity (Wildman–Crippen MR) is 66.7 cm³/mol. The molecule has 0 radical (unpaired) electrons.